The summed E-state index contributed by atoms with van der Waals surface area (Å²) in [5, 5.41) is 1.03. The average Bonchev–Trinajstić information content (AvgIpc) is 2.41. The van der Waals surface area contributed by atoms with E-state index in [0.29, 0.717) is 6.61 Å². The van der Waals surface area contributed by atoms with Gasteiger partial charge >= 0.3 is 0 Å². The molecule has 1 aliphatic rings. The van der Waals surface area contributed by atoms with E-state index in [1.54, 1.807) is 0 Å². The fraction of sp³-hybridized carbons (Fsp3) is 0.200. The number of nitrogens with two attached hydrogens (primary N) is 1. The van der Waals surface area contributed by atoms with Crippen molar-refractivity contribution in [3.63, 3.8) is 0 Å². The van der Waals surface area contributed by atoms with E-state index in [9.17, 15) is 0 Å². The second kappa shape index (κ2) is 5.51. The summed E-state index contributed by atoms with van der Waals surface area (Å²) < 4.78 is 5.66. The molecular weight excluding hydrogens is 241 g/mol. The molecule has 1 heterocycles. The highest BCUT2D eigenvalue weighted by atomic mass is 31.0. The highest BCUT2D eigenvalue weighted by Gasteiger charge is 2.30. The summed E-state index contributed by atoms with van der Waals surface area (Å²) in [4.78, 5) is 0. The molecule has 94 valence electrons. The van der Waals surface area contributed by atoms with Crippen molar-refractivity contribution in [1.82, 2.24) is 0 Å². The van der Waals surface area contributed by atoms with Crippen molar-refractivity contribution < 1.29 is 4.74 Å². The van der Waals surface area contributed by atoms with E-state index in [1.807, 2.05) is 30.4 Å². The predicted octanol–water partition coefficient (Wildman–Crippen LogP) is 2.99. The first-order valence-electron chi connectivity index (χ1n) is 5.90. The van der Waals surface area contributed by atoms with E-state index >= 15 is 0 Å². The second-order valence-electron chi connectivity index (χ2n) is 4.31. The Balaban J connectivity index is 2.56. The third-order valence-corrected chi connectivity index (χ3v) is 3.79. The smallest absolute Gasteiger partial charge is 0.123 e. The van der Waals surface area contributed by atoms with Gasteiger partial charge in [-0.2, -0.15) is 0 Å². The quantitative estimate of drug-likeness (QED) is 0.669. The largest absolute Gasteiger partial charge is 0.492 e. The lowest BCUT2D eigenvalue weighted by Gasteiger charge is -2.32. The van der Waals surface area contributed by atoms with Gasteiger partial charge in [0.05, 0.1) is 0 Å². The topological polar surface area (TPSA) is 35.2 Å². The van der Waals surface area contributed by atoms with Crippen LogP contribution in [0.2, 0.25) is 0 Å². The Hall–Kier alpha value is -1.37. The van der Waals surface area contributed by atoms with E-state index in [4.69, 9.17) is 10.5 Å². The summed E-state index contributed by atoms with van der Waals surface area (Å²) in [6.07, 6.45) is 3.67. The predicted molar refractivity (Wildman–Crippen MR) is 79.8 cm³/mol. The van der Waals surface area contributed by atoms with Crippen LogP contribution in [-0.4, -0.2) is 12.6 Å². The van der Waals surface area contributed by atoms with Crippen LogP contribution in [-0.2, 0) is 0 Å². The van der Waals surface area contributed by atoms with Crippen LogP contribution >= 0.6 is 9.24 Å². The summed E-state index contributed by atoms with van der Waals surface area (Å²) in [7, 11) is 2.69. The molecule has 2 N–H and O–H groups in total. The maximum absolute atomic E-state index is 6.21. The molecule has 1 aromatic rings. The Morgan fingerprint density at radius 3 is 2.72 bits per heavy atom. The molecule has 1 aromatic carbocycles. The molecule has 0 spiro atoms. The van der Waals surface area contributed by atoms with Crippen molar-refractivity contribution >= 4 is 9.24 Å². The zero-order valence-corrected chi connectivity index (χ0v) is 11.5. The van der Waals surface area contributed by atoms with E-state index in [2.05, 4.69) is 28.5 Å². The fourth-order valence-electron chi connectivity index (χ4n) is 2.32. The molecule has 0 amide bonds. The van der Waals surface area contributed by atoms with Gasteiger partial charge in [-0.3, -0.25) is 0 Å². The van der Waals surface area contributed by atoms with E-state index in [-0.39, 0.29) is 12.0 Å². The Morgan fingerprint density at radius 1 is 1.33 bits per heavy atom. The van der Waals surface area contributed by atoms with Crippen LogP contribution in [0.5, 0.6) is 5.75 Å². The molecule has 18 heavy (non-hydrogen) atoms. The molecule has 0 aromatic heterocycles. The maximum atomic E-state index is 6.21. The van der Waals surface area contributed by atoms with Gasteiger partial charge in [-0.15, -0.1) is 9.24 Å². The van der Waals surface area contributed by atoms with Crippen molar-refractivity contribution in [2.24, 2.45) is 5.73 Å². The van der Waals surface area contributed by atoms with Gasteiger partial charge in [-0.05, 0) is 17.0 Å². The highest BCUT2D eigenvalue weighted by Crippen LogP contribution is 2.40. The number of ether oxygens (including phenoxy) is 1. The van der Waals surface area contributed by atoms with Crippen molar-refractivity contribution in [3.8, 4) is 5.75 Å². The van der Waals surface area contributed by atoms with E-state index < -0.39 is 0 Å². The lowest BCUT2D eigenvalue weighted by Crippen LogP contribution is -2.39. The first-order valence-corrected chi connectivity index (χ1v) is 6.48. The van der Waals surface area contributed by atoms with Gasteiger partial charge < -0.3 is 10.5 Å². The minimum atomic E-state index is -0.0663. The molecule has 1 aliphatic heterocycles. The summed E-state index contributed by atoms with van der Waals surface area (Å²) >= 11 is 0. The van der Waals surface area contributed by atoms with Crippen LogP contribution in [0, 0.1) is 0 Å². The lowest BCUT2D eigenvalue weighted by molar-refractivity contribution is 0.250. The van der Waals surface area contributed by atoms with Gasteiger partial charge in [0.1, 0.15) is 12.4 Å². The van der Waals surface area contributed by atoms with Crippen molar-refractivity contribution in [2.45, 2.75) is 12.0 Å². The standard InChI is InChI=1S/C15H18NOP/c1-3-10(14(18)4-2)15-11-7-5-6-8-13(11)17-9-12(15)16/h3-8,12,15H,1-2,9,16,18H2/b14-10-. The number of fused-ring (bicyclic) bond motifs is 1. The van der Waals surface area contributed by atoms with Gasteiger partial charge in [0.2, 0.25) is 0 Å². The molecule has 3 unspecified atom stereocenters. The van der Waals surface area contributed by atoms with Gasteiger partial charge in [0.15, 0.2) is 0 Å². The maximum Gasteiger partial charge on any atom is 0.123 e. The van der Waals surface area contributed by atoms with Crippen LogP contribution in [0.4, 0.5) is 0 Å². The third kappa shape index (κ3) is 2.27. The van der Waals surface area contributed by atoms with E-state index in [0.717, 1.165) is 22.2 Å². The second-order valence-corrected chi connectivity index (χ2v) is 4.93. The molecule has 0 aliphatic carbocycles. The molecule has 0 radical (unpaired) electrons. The van der Waals surface area contributed by atoms with Gasteiger partial charge in [0.25, 0.3) is 0 Å². The molecule has 0 saturated heterocycles. The minimum Gasteiger partial charge on any atom is -0.492 e. The highest BCUT2D eigenvalue weighted by molar-refractivity contribution is 7.23. The molecule has 0 bridgehead atoms. The Kier molecular flexibility index (Phi) is 4.00. The molecule has 3 heteroatoms. The summed E-state index contributed by atoms with van der Waals surface area (Å²) in [5.41, 5.74) is 8.43. The Morgan fingerprint density at radius 2 is 2.06 bits per heavy atom. The SMILES string of the molecule is C=C/C(P)=C(\C=C)C1c2ccccc2OCC1N. The first-order chi connectivity index (χ1) is 8.69. The first kappa shape index (κ1) is 13.1. The zero-order chi connectivity index (χ0) is 13.1. The summed E-state index contributed by atoms with van der Waals surface area (Å²) in [6, 6.07) is 7.95. The zero-order valence-electron chi connectivity index (χ0n) is 10.3. The number of allylic oxidation sites excluding steroid dienone is 3. The Labute approximate surface area is 110 Å². The number of hydrogen-bond acceptors (Lipinski definition) is 2. The number of rotatable bonds is 3. The molecule has 2 nitrogen and oxygen atoms in total. The van der Waals surface area contributed by atoms with Crippen LogP contribution in [0.25, 0.3) is 0 Å². The van der Waals surface area contributed by atoms with E-state index in [1.165, 1.54) is 0 Å². The molecule has 0 saturated carbocycles. The van der Waals surface area contributed by atoms with Crippen LogP contribution in [0.15, 0.2) is 60.5 Å². The Bertz CT molecular complexity index is 507. The normalized spacial score (nSPS) is 23.4. The van der Waals surface area contributed by atoms with Crippen molar-refractivity contribution in [1.29, 1.82) is 0 Å². The van der Waals surface area contributed by atoms with Crippen LogP contribution in [0.1, 0.15) is 11.5 Å². The fourth-order valence-corrected chi connectivity index (χ4v) is 2.62. The van der Waals surface area contributed by atoms with Crippen molar-refractivity contribution in [2.75, 3.05) is 6.61 Å². The van der Waals surface area contributed by atoms with Crippen LogP contribution < -0.4 is 10.5 Å². The van der Waals surface area contributed by atoms with Gasteiger partial charge in [0, 0.05) is 17.5 Å². The molecular formula is C15H18NOP. The monoisotopic (exact) mass is 259 g/mol. The molecule has 2 rings (SSSR count). The summed E-state index contributed by atoms with van der Waals surface area (Å²) in [5.74, 6) is 1.02. The third-order valence-electron chi connectivity index (χ3n) is 3.22. The van der Waals surface area contributed by atoms with Crippen LogP contribution in [0.3, 0.4) is 0 Å². The average molecular weight is 259 g/mol. The lowest BCUT2D eigenvalue weighted by atomic mass is 9.83. The number of para-hydroxylation sites is 1. The van der Waals surface area contributed by atoms with Gasteiger partial charge in [-0.1, -0.05) is 43.5 Å². The summed E-state index contributed by atoms with van der Waals surface area (Å²) in [6.45, 7) is 8.23. The molecule has 3 atom stereocenters. The van der Waals surface area contributed by atoms with Gasteiger partial charge in [-0.25, -0.2) is 0 Å². The number of hydrogen-bond donors (Lipinski definition) is 1. The minimum absolute atomic E-state index is 0.0663. The van der Waals surface area contributed by atoms with Crippen molar-refractivity contribution in [3.05, 3.63) is 66.0 Å². The number of benzene rings is 1. The molecule has 0 fully saturated rings.